The summed E-state index contributed by atoms with van der Waals surface area (Å²) in [4.78, 5) is 12.5. The van der Waals surface area contributed by atoms with Crippen LogP contribution in [-0.2, 0) is 31.4 Å². The van der Waals surface area contributed by atoms with Crippen molar-refractivity contribution < 1.29 is 26.5 Å². The molecule has 0 bridgehead atoms. The van der Waals surface area contributed by atoms with E-state index < -0.39 is 34.4 Å². The average molecular weight is 444 g/mol. The molecule has 26 heavy (non-hydrogen) atoms. The fraction of sp³-hybridized carbons (Fsp3) is 0.235. The summed E-state index contributed by atoms with van der Waals surface area (Å²) in [5.74, 6) is -0.655. The number of nitrogens with zero attached hydrogens (tertiary/aromatic N) is 1. The molecule has 6 nitrogen and oxygen atoms in total. The number of amides is 1. The van der Waals surface area contributed by atoms with E-state index >= 15 is 0 Å². The number of rotatable bonds is 3. The number of carbonyl (C=O) groups excluding carboxylic acids is 1. The lowest BCUT2D eigenvalue weighted by atomic mass is 9.92. The molecule has 1 heterocycles. The highest BCUT2D eigenvalue weighted by Gasteiger charge is 2.54. The maximum absolute atomic E-state index is 14.4. The Bertz CT molecular complexity index is 937. The van der Waals surface area contributed by atoms with Crippen LogP contribution in [-0.4, -0.2) is 25.4 Å². The van der Waals surface area contributed by atoms with Crippen molar-refractivity contribution in [1.29, 1.82) is 0 Å². The zero-order chi connectivity index (χ0) is 18.9. The molecule has 9 heteroatoms. The molecule has 1 aliphatic rings. The molecule has 0 saturated carbocycles. The SMILES string of the molecule is CC1(c2cc(Br)ccc2F)COS(=O)(=O)N1C(=O)OCc1ccccc1. The molecule has 3 rings (SSSR count). The van der Waals surface area contributed by atoms with Gasteiger partial charge in [-0.2, -0.15) is 12.7 Å². The fourth-order valence-electron chi connectivity index (χ4n) is 2.72. The topological polar surface area (TPSA) is 72.9 Å². The quantitative estimate of drug-likeness (QED) is 0.722. The predicted molar refractivity (Wildman–Crippen MR) is 94.8 cm³/mol. The van der Waals surface area contributed by atoms with Gasteiger partial charge >= 0.3 is 16.4 Å². The van der Waals surface area contributed by atoms with Crippen LogP contribution in [0.1, 0.15) is 18.1 Å². The standard InChI is InChI=1S/C17H15BrFNO5S/c1-17(14-9-13(18)7-8-15(14)19)11-25-26(22,23)20(17)16(21)24-10-12-5-3-2-4-6-12/h2-9H,10-11H2,1H3. The molecule has 1 unspecified atom stereocenters. The summed E-state index contributed by atoms with van der Waals surface area (Å²) >= 11 is 3.22. The minimum absolute atomic E-state index is 0.00427. The molecule has 2 aromatic carbocycles. The maximum Gasteiger partial charge on any atom is 0.426 e. The Morgan fingerprint density at radius 1 is 1.31 bits per heavy atom. The summed E-state index contributed by atoms with van der Waals surface area (Å²) in [5, 5.41) is 0. The lowest BCUT2D eigenvalue weighted by molar-refractivity contribution is 0.0938. The van der Waals surface area contributed by atoms with Crippen LogP contribution < -0.4 is 0 Å². The van der Waals surface area contributed by atoms with Gasteiger partial charge in [-0.25, -0.2) is 9.18 Å². The third-order valence-corrected chi connectivity index (χ3v) is 5.95. The van der Waals surface area contributed by atoms with Crippen LogP contribution in [0.5, 0.6) is 0 Å². The zero-order valence-corrected chi connectivity index (χ0v) is 16.1. The van der Waals surface area contributed by atoms with E-state index in [4.69, 9.17) is 8.92 Å². The monoisotopic (exact) mass is 443 g/mol. The van der Waals surface area contributed by atoms with Crippen molar-refractivity contribution in [3.05, 3.63) is 69.9 Å². The maximum atomic E-state index is 14.4. The van der Waals surface area contributed by atoms with Gasteiger partial charge < -0.3 is 4.74 Å². The smallest absolute Gasteiger partial charge is 0.426 e. The summed E-state index contributed by atoms with van der Waals surface area (Å²) in [7, 11) is -4.40. The molecule has 2 aromatic rings. The van der Waals surface area contributed by atoms with E-state index in [0.29, 0.717) is 14.3 Å². The fourth-order valence-corrected chi connectivity index (χ4v) is 4.44. The van der Waals surface area contributed by atoms with E-state index in [-0.39, 0.29) is 12.2 Å². The second-order valence-corrected chi connectivity index (χ2v) is 8.29. The lowest BCUT2D eigenvalue weighted by Gasteiger charge is -2.30. The van der Waals surface area contributed by atoms with Crippen LogP contribution >= 0.6 is 15.9 Å². The van der Waals surface area contributed by atoms with Crippen LogP contribution in [0.25, 0.3) is 0 Å². The van der Waals surface area contributed by atoms with Gasteiger partial charge in [-0.15, -0.1) is 0 Å². The molecule has 1 fully saturated rings. The first-order valence-corrected chi connectivity index (χ1v) is 9.76. The van der Waals surface area contributed by atoms with Gasteiger partial charge in [0.25, 0.3) is 0 Å². The van der Waals surface area contributed by atoms with Gasteiger partial charge in [-0.3, -0.25) is 4.18 Å². The van der Waals surface area contributed by atoms with Crippen LogP contribution in [0.3, 0.4) is 0 Å². The highest BCUT2D eigenvalue weighted by Crippen LogP contribution is 2.40. The summed E-state index contributed by atoms with van der Waals surface area (Å²) in [6.07, 6.45) is -1.13. The van der Waals surface area contributed by atoms with Crippen molar-refractivity contribution in [2.75, 3.05) is 6.61 Å². The minimum atomic E-state index is -4.40. The Morgan fingerprint density at radius 2 is 2.00 bits per heavy atom. The van der Waals surface area contributed by atoms with Gasteiger partial charge in [-0.1, -0.05) is 46.3 Å². The minimum Gasteiger partial charge on any atom is -0.444 e. The van der Waals surface area contributed by atoms with Crippen molar-refractivity contribution in [2.45, 2.75) is 19.1 Å². The molecule has 1 amide bonds. The van der Waals surface area contributed by atoms with Gasteiger partial charge in [0.2, 0.25) is 0 Å². The van der Waals surface area contributed by atoms with Gasteiger partial charge in [0.05, 0.1) is 6.61 Å². The normalized spacial score (nSPS) is 21.6. The molecule has 0 aliphatic carbocycles. The molecule has 1 aliphatic heterocycles. The number of carbonyl (C=O) groups is 1. The van der Waals surface area contributed by atoms with Gasteiger partial charge in [0.1, 0.15) is 18.0 Å². The third kappa shape index (κ3) is 3.46. The molecular formula is C17H15BrFNO5S. The highest BCUT2D eigenvalue weighted by molar-refractivity contribution is 9.10. The Hall–Kier alpha value is -1.97. The van der Waals surface area contributed by atoms with Gasteiger partial charge in [0.15, 0.2) is 0 Å². The largest absolute Gasteiger partial charge is 0.444 e. The van der Waals surface area contributed by atoms with E-state index in [0.717, 1.165) is 0 Å². The van der Waals surface area contributed by atoms with E-state index in [1.807, 2.05) is 0 Å². The van der Waals surface area contributed by atoms with Crippen molar-refractivity contribution in [2.24, 2.45) is 0 Å². The molecule has 0 radical (unpaired) electrons. The Labute approximate surface area is 158 Å². The van der Waals surface area contributed by atoms with Crippen molar-refractivity contribution in [3.8, 4) is 0 Å². The first-order chi connectivity index (χ1) is 12.2. The molecule has 0 N–H and O–H groups in total. The van der Waals surface area contributed by atoms with E-state index in [2.05, 4.69) is 15.9 Å². The number of benzene rings is 2. The van der Waals surface area contributed by atoms with Gasteiger partial charge in [-0.05, 0) is 30.7 Å². The number of ether oxygens (including phenoxy) is 1. The van der Waals surface area contributed by atoms with Crippen LogP contribution in [0.15, 0.2) is 53.0 Å². The molecule has 138 valence electrons. The molecule has 1 atom stereocenters. The highest BCUT2D eigenvalue weighted by atomic mass is 79.9. The number of hydrogen-bond acceptors (Lipinski definition) is 5. The number of halogens is 2. The van der Waals surface area contributed by atoms with E-state index in [1.165, 1.54) is 25.1 Å². The average Bonchev–Trinajstić information content (AvgIpc) is 2.86. The van der Waals surface area contributed by atoms with Crippen molar-refractivity contribution in [1.82, 2.24) is 4.31 Å². The van der Waals surface area contributed by atoms with E-state index in [9.17, 15) is 17.6 Å². The van der Waals surface area contributed by atoms with Crippen molar-refractivity contribution >= 4 is 32.3 Å². The summed E-state index contributed by atoms with van der Waals surface area (Å²) in [6, 6.07) is 12.9. The van der Waals surface area contributed by atoms with Gasteiger partial charge in [0, 0.05) is 10.0 Å². The summed E-state index contributed by atoms with van der Waals surface area (Å²) in [5.41, 5.74) is -0.876. The summed E-state index contributed by atoms with van der Waals surface area (Å²) in [6.45, 7) is 0.873. The first-order valence-electron chi connectivity index (χ1n) is 7.60. The molecule has 0 aromatic heterocycles. The molecular weight excluding hydrogens is 429 g/mol. The second-order valence-electron chi connectivity index (χ2n) is 5.92. The van der Waals surface area contributed by atoms with E-state index in [1.54, 1.807) is 30.3 Å². The third-order valence-electron chi connectivity index (χ3n) is 4.04. The zero-order valence-electron chi connectivity index (χ0n) is 13.7. The first kappa shape index (κ1) is 18.8. The Balaban J connectivity index is 1.93. The number of hydrogen-bond donors (Lipinski definition) is 0. The lowest BCUT2D eigenvalue weighted by Crippen LogP contribution is -2.47. The Morgan fingerprint density at radius 3 is 2.69 bits per heavy atom. The predicted octanol–water partition coefficient (Wildman–Crippen LogP) is 3.72. The summed E-state index contributed by atoms with van der Waals surface area (Å²) < 4.78 is 49.8. The molecule has 1 saturated heterocycles. The van der Waals surface area contributed by atoms with Crippen LogP contribution in [0, 0.1) is 5.82 Å². The van der Waals surface area contributed by atoms with Crippen LogP contribution in [0.4, 0.5) is 9.18 Å². The second kappa shape index (κ2) is 6.98. The van der Waals surface area contributed by atoms with Crippen molar-refractivity contribution in [3.63, 3.8) is 0 Å². The molecule has 0 spiro atoms. The Kier molecular flexibility index (Phi) is 5.05. The van der Waals surface area contributed by atoms with Crippen LogP contribution in [0.2, 0.25) is 0 Å².